The fourth-order valence-corrected chi connectivity index (χ4v) is 3.04. The van der Waals surface area contributed by atoms with Crippen molar-refractivity contribution in [1.82, 2.24) is 9.97 Å². The van der Waals surface area contributed by atoms with Crippen molar-refractivity contribution in [3.8, 4) is 17.1 Å². The zero-order valence-electron chi connectivity index (χ0n) is 17.3. The van der Waals surface area contributed by atoms with E-state index in [-0.39, 0.29) is 5.91 Å². The fraction of sp³-hybridized carbons (Fsp3) is 0.0800. The maximum atomic E-state index is 13.0. The minimum absolute atomic E-state index is 0.297. The van der Waals surface area contributed by atoms with Crippen molar-refractivity contribution in [1.29, 1.82) is 0 Å². The van der Waals surface area contributed by atoms with E-state index in [1.165, 1.54) is 0 Å². The number of methoxy groups -OCH3 is 1. The SMILES string of the molecule is COc1cccc(Nc2nc(-c3ccccc3)ncc2C(=O)Nc2ccc(C)cc2)c1. The number of ether oxygens (including phenoxy) is 1. The van der Waals surface area contributed by atoms with Gasteiger partial charge >= 0.3 is 0 Å². The largest absolute Gasteiger partial charge is 0.497 e. The van der Waals surface area contributed by atoms with E-state index >= 15 is 0 Å². The zero-order valence-corrected chi connectivity index (χ0v) is 17.3. The van der Waals surface area contributed by atoms with Crippen molar-refractivity contribution >= 4 is 23.1 Å². The summed E-state index contributed by atoms with van der Waals surface area (Å²) in [6, 6.07) is 24.7. The van der Waals surface area contributed by atoms with Gasteiger partial charge in [-0.15, -0.1) is 0 Å². The highest BCUT2D eigenvalue weighted by Gasteiger charge is 2.16. The number of nitrogens with zero attached hydrogens (tertiary/aromatic N) is 2. The second kappa shape index (κ2) is 9.09. The molecule has 0 aliphatic rings. The third-order valence-corrected chi connectivity index (χ3v) is 4.71. The van der Waals surface area contributed by atoms with Gasteiger partial charge in [-0.1, -0.05) is 54.1 Å². The topological polar surface area (TPSA) is 76.1 Å². The van der Waals surface area contributed by atoms with Gasteiger partial charge in [0.2, 0.25) is 0 Å². The van der Waals surface area contributed by atoms with Crippen molar-refractivity contribution in [2.24, 2.45) is 0 Å². The van der Waals surface area contributed by atoms with E-state index in [0.29, 0.717) is 28.6 Å². The van der Waals surface area contributed by atoms with Crippen molar-refractivity contribution < 1.29 is 9.53 Å². The summed E-state index contributed by atoms with van der Waals surface area (Å²) in [6.07, 6.45) is 1.54. The zero-order chi connectivity index (χ0) is 21.6. The van der Waals surface area contributed by atoms with E-state index in [0.717, 1.165) is 16.8 Å². The van der Waals surface area contributed by atoms with E-state index in [1.807, 2.05) is 85.8 Å². The van der Waals surface area contributed by atoms with Crippen molar-refractivity contribution in [3.63, 3.8) is 0 Å². The van der Waals surface area contributed by atoms with Crippen LogP contribution in [0.4, 0.5) is 17.2 Å². The molecule has 0 saturated heterocycles. The van der Waals surface area contributed by atoms with Gasteiger partial charge in [-0.25, -0.2) is 9.97 Å². The minimum atomic E-state index is -0.297. The summed E-state index contributed by atoms with van der Waals surface area (Å²) in [5.74, 6) is 1.34. The highest BCUT2D eigenvalue weighted by atomic mass is 16.5. The van der Waals surface area contributed by atoms with E-state index < -0.39 is 0 Å². The number of hydrogen-bond donors (Lipinski definition) is 2. The summed E-state index contributed by atoms with van der Waals surface area (Å²) in [4.78, 5) is 22.1. The molecule has 1 amide bonds. The standard InChI is InChI=1S/C25H22N4O2/c1-17-11-13-19(14-12-17)28-25(30)22-16-26-23(18-7-4-3-5-8-18)29-24(22)27-20-9-6-10-21(15-20)31-2/h3-16H,1-2H3,(H,28,30)(H,26,27,29). The van der Waals surface area contributed by atoms with Crippen LogP contribution in [-0.4, -0.2) is 23.0 Å². The molecule has 0 radical (unpaired) electrons. The van der Waals surface area contributed by atoms with E-state index in [9.17, 15) is 4.79 Å². The Hall–Kier alpha value is -4.19. The first-order chi connectivity index (χ1) is 15.1. The van der Waals surface area contributed by atoms with Crippen LogP contribution in [0.15, 0.2) is 85.1 Å². The molecule has 0 unspecified atom stereocenters. The molecule has 1 aromatic heterocycles. The molecule has 31 heavy (non-hydrogen) atoms. The molecular weight excluding hydrogens is 388 g/mol. The summed E-state index contributed by atoms with van der Waals surface area (Å²) in [7, 11) is 1.61. The number of carbonyl (C=O) groups excluding carboxylic acids is 1. The van der Waals surface area contributed by atoms with Gasteiger partial charge in [0, 0.05) is 29.2 Å². The number of aryl methyl sites for hydroxylation is 1. The van der Waals surface area contributed by atoms with E-state index in [1.54, 1.807) is 13.3 Å². The van der Waals surface area contributed by atoms with E-state index in [2.05, 4.69) is 20.6 Å². The van der Waals surface area contributed by atoms with Crippen molar-refractivity contribution in [2.45, 2.75) is 6.92 Å². The number of rotatable bonds is 6. The van der Waals surface area contributed by atoms with Crippen LogP contribution in [0.1, 0.15) is 15.9 Å². The smallest absolute Gasteiger partial charge is 0.261 e. The molecule has 2 N–H and O–H groups in total. The molecule has 0 spiro atoms. The van der Waals surface area contributed by atoms with Crippen LogP contribution < -0.4 is 15.4 Å². The molecule has 4 rings (SSSR count). The first kappa shape index (κ1) is 20.1. The number of amides is 1. The molecule has 6 nitrogen and oxygen atoms in total. The van der Waals surface area contributed by atoms with Gasteiger partial charge in [0.1, 0.15) is 17.1 Å². The van der Waals surface area contributed by atoms with Gasteiger partial charge < -0.3 is 15.4 Å². The molecular formula is C25H22N4O2. The Balaban J connectivity index is 1.70. The van der Waals surface area contributed by atoms with Crippen LogP contribution in [-0.2, 0) is 0 Å². The second-order valence-corrected chi connectivity index (χ2v) is 7.00. The van der Waals surface area contributed by atoms with Gasteiger partial charge in [0.05, 0.1) is 7.11 Å². The highest BCUT2D eigenvalue weighted by Crippen LogP contribution is 2.25. The quantitative estimate of drug-likeness (QED) is 0.442. The van der Waals surface area contributed by atoms with Gasteiger partial charge in [0.25, 0.3) is 5.91 Å². The summed E-state index contributed by atoms with van der Waals surface area (Å²) in [5, 5.41) is 6.15. The van der Waals surface area contributed by atoms with Gasteiger partial charge in [-0.3, -0.25) is 4.79 Å². The highest BCUT2D eigenvalue weighted by molar-refractivity contribution is 6.07. The maximum absolute atomic E-state index is 13.0. The summed E-state index contributed by atoms with van der Waals surface area (Å²) in [6.45, 7) is 2.00. The minimum Gasteiger partial charge on any atom is -0.497 e. The van der Waals surface area contributed by atoms with Gasteiger partial charge in [-0.05, 0) is 31.2 Å². The number of nitrogens with one attached hydrogen (secondary N) is 2. The Morgan fingerprint density at radius 1 is 0.903 bits per heavy atom. The fourth-order valence-electron chi connectivity index (χ4n) is 3.04. The Morgan fingerprint density at radius 3 is 2.42 bits per heavy atom. The third kappa shape index (κ3) is 4.87. The molecule has 0 bridgehead atoms. The van der Waals surface area contributed by atoms with Crippen molar-refractivity contribution in [2.75, 3.05) is 17.7 Å². The maximum Gasteiger partial charge on any atom is 0.261 e. The lowest BCUT2D eigenvalue weighted by atomic mass is 10.2. The van der Waals surface area contributed by atoms with Crippen LogP contribution in [0.5, 0.6) is 5.75 Å². The summed E-state index contributed by atoms with van der Waals surface area (Å²) >= 11 is 0. The predicted molar refractivity (Wildman–Crippen MR) is 123 cm³/mol. The molecule has 4 aromatic rings. The third-order valence-electron chi connectivity index (χ3n) is 4.71. The Kier molecular flexibility index (Phi) is 5.89. The first-order valence-electron chi connectivity index (χ1n) is 9.84. The number of benzene rings is 3. The molecule has 154 valence electrons. The lowest BCUT2D eigenvalue weighted by Gasteiger charge is -2.13. The first-order valence-corrected chi connectivity index (χ1v) is 9.84. The summed E-state index contributed by atoms with van der Waals surface area (Å²) in [5.41, 5.74) is 3.77. The summed E-state index contributed by atoms with van der Waals surface area (Å²) < 4.78 is 5.30. The normalized spacial score (nSPS) is 10.4. The van der Waals surface area contributed by atoms with Crippen LogP contribution in [0.2, 0.25) is 0 Å². The molecule has 0 saturated carbocycles. The van der Waals surface area contributed by atoms with Crippen molar-refractivity contribution in [3.05, 3.63) is 96.2 Å². The van der Waals surface area contributed by atoms with E-state index in [4.69, 9.17) is 4.74 Å². The number of hydrogen-bond acceptors (Lipinski definition) is 5. The average Bonchev–Trinajstić information content (AvgIpc) is 2.81. The number of carbonyl (C=O) groups is 1. The monoisotopic (exact) mass is 410 g/mol. The Bertz CT molecular complexity index is 1190. The van der Waals surface area contributed by atoms with Crippen LogP contribution in [0.3, 0.4) is 0 Å². The molecule has 0 atom stereocenters. The van der Waals surface area contributed by atoms with Crippen LogP contribution >= 0.6 is 0 Å². The molecule has 3 aromatic carbocycles. The van der Waals surface area contributed by atoms with Crippen LogP contribution in [0.25, 0.3) is 11.4 Å². The second-order valence-electron chi connectivity index (χ2n) is 7.00. The predicted octanol–water partition coefficient (Wildman–Crippen LogP) is 5.46. The van der Waals surface area contributed by atoms with Crippen LogP contribution in [0, 0.1) is 6.92 Å². The molecule has 0 fully saturated rings. The lowest BCUT2D eigenvalue weighted by Crippen LogP contribution is -2.15. The molecule has 0 aliphatic heterocycles. The Labute approximate surface area is 181 Å². The number of anilines is 3. The molecule has 1 heterocycles. The lowest BCUT2D eigenvalue weighted by molar-refractivity contribution is 0.102. The van der Waals surface area contributed by atoms with Gasteiger partial charge in [-0.2, -0.15) is 0 Å². The molecule has 6 heteroatoms. The molecule has 0 aliphatic carbocycles. The van der Waals surface area contributed by atoms with Gasteiger partial charge in [0.15, 0.2) is 5.82 Å². The number of aromatic nitrogens is 2. The Morgan fingerprint density at radius 2 is 1.68 bits per heavy atom. The average molecular weight is 410 g/mol.